The average molecular weight is 331 g/mol. The van der Waals surface area contributed by atoms with E-state index in [4.69, 9.17) is 10.5 Å². The number of benzene rings is 1. The number of carbonyl (C=O) groups excluding carboxylic acids is 1. The van der Waals surface area contributed by atoms with Gasteiger partial charge in [0.05, 0.1) is 6.61 Å². The van der Waals surface area contributed by atoms with Crippen molar-refractivity contribution in [2.45, 2.75) is 25.8 Å². The maximum atomic E-state index is 12.4. The van der Waals surface area contributed by atoms with Crippen LogP contribution in [0, 0.1) is 0 Å². The normalized spacial score (nSPS) is 17.5. The maximum Gasteiger partial charge on any atom is 0.273 e. The summed E-state index contributed by atoms with van der Waals surface area (Å²) in [6.45, 7) is 4.13. The van der Waals surface area contributed by atoms with Crippen LogP contribution >= 0.6 is 11.3 Å². The van der Waals surface area contributed by atoms with E-state index in [-0.39, 0.29) is 11.9 Å². The van der Waals surface area contributed by atoms with E-state index in [1.165, 1.54) is 11.3 Å². The Morgan fingerprint density at radius 2 is 2.22 bits per heavy atom. The fourth-order valence-electron chi connectivity index (χ4n) is 2.55. The fourth-order valence-corrected chi connectivity index (χ4v) is 3.35. The summed E-state index contributed by atoms with van der Waals surface area (Å²) < 4.78 is 5.58. The predicted octanol–water partition coefficient (Wildman–Crippen LogP) is 2.77. The molecule has 1 saturated heterocycles. The van der Waals surface area contributed by atoms with Crippen LogP contribution in [0.5, 0.6) is 5.75 Å². The van der Waals surface area contributed by atoms with Crippen LogP contribution < -0.4 is 10.5 Å². The number of hydrogen-bond acceptors (Lipinski definition) is 5. The molecule has 122 valence electrons. The van der Waals surface area contributed by atoms with E-state index in [2.05, 4.69) is 11.9 Å². The first-order valence-electron chi connectivity index (χ1n) is 7.91. The van der Waals surface area contributed by atoms with Gasteiger partial charge < -0.3 is 15.4 Å². The molecule has 1 aliphatic heterocycles. The van der Waals surface area contributed by atoms with Gasteiger partial charge in [-0.05, 0) is 37.1 Å². The molecule has 2 N–H and O–H groups in total. The number of carbonyl (C=O) groups is 1. The van der Waals surface area contributed by atoms with E-state index in [9.17, 15) is 4.79 Å². The molecule has 0 saturated carbocycles. The average Bonchev–Trinajstić information content (AvgIpc) is 3.22. The van der Waals surface area contributed by atoms with Crippen molar-refractivity contribution < 1.29 is 9.53 Å². The van der Waals surface area contributed by atoms with Crippen molar-refractivity contribution in [3.8, 4) is 16.3 Å². The molecule has 1 aromatic heterocycles. The third-order valence-corrected chi connectivity index (χ3v) is 4.70. The largest absolute Gasteiger partial charge is 0.494 e. The van der Waals surface area contributed by atoms with E-state index in [0.29, 0.717) is 18.8 Å². The molecule has 1 aromatic carbocycles. The molecule has 3 rings (SSSR count). The Balaban J connectivity index is 1.70. The summed E-state index contributed by atoms with van der Waals surface area (Å²) in [5.41, 5.74) is 7.36. The number of ether oxygens (including phenoxy) is 1. The summed E-state index contributed by atoms with van der Waals surface area (Å²) >= 11 is 1.48. The molecule has 0 radical (unpaired) electrons. The van der Waals surface area contributed by atoms with Crippen molar-refractivity contribution in [2.75, 3.05) is 19.7 Å². The Hall–Kier alpha value is -1.92. The SMILES string of the molecule is CCCOc1ccc(-c2nc(C(=O)N3CC[C@@H](N)C3)cs2)cc1. The Morgan fingerprint density at radius 3 is 2.87 bits per heavy atom. The van der Waals surface area contributed by atoms with Crippen LogP contribution in [0.2, 0.25) is 0 Å². The van der Waals surface area contributed by atoms with Crippen molar-refractivity contribution in [2.24, 2.45) is 5.73 Å². The monoisotopic (exact) mass is 331 g/mol. The molecule has 0 spiro atoms. The summed E-state index contributed by atoms with van der Waals surface area (Å²) in [4.78, 5) is 18.7. The predicted molar refractivity (Wildman–Crippen MR) is 91.8 cm³/mol. The van der Waals surface area contributed by atoms with Gasteiger partial charge in [0.1, 0.15) is 16.5 Å². The number of likely N-dealkylation sites (tertiary alicyclic amines) is 1. The van der Waals surface area contributed by atoms with Crippen LogP contribution in [0.4, 0.5) is 0 Å². The smallest absolute Gasteiger partial charge is 0.273 e. The van der Waals surface area contributed by atoms with E-state index in [1.807, 2.05) is 29.6 Å². The first kappa shape index (κ1) is 16.0. The van der Waals surface area contributed by atoms with E-state index >= 15 is 0 Å². The highest BCUT2D eigenvalue weighted by atomic mass is 32.1. The van der Waals surface area contributed by atoms with Gasteiger partial charge in [-0.3, -0.25) is 4.79 Å². The van der Waals surface area contributed by atoms with Crippen LogP contribution in [0.1, 0.15) is 30.3 Å². The van der Waals surface area contributed by atoms with Crippen molar-refractivity contribution in [1.82, 2.24) is 9.88 Å². The van der Waals surface area contributed by atoms with E-state index in [0.717, 1.165) is 35.7 Å². The molecule has 23 heavy (non-hydrogen) atoms. The van der Waals surface area contributed by atoms with Crippen LogP contribution in [0.3, 0.4) is 0 Å². The third-order valence-electron chi connectivity index (χ3n) is 3.81. The quantitative estimate of drug-likeness (QED) is 0.915. The van der Waals surface area contributed by atoms with Gasteiger partial charge in [0.2, 0.25) is 0 Å². The second kappa shape index (κ2) is 7.10. The van der Waals surface area contributed by atoms with Gasteiger partial charge in [0.15, 0.2) is 0 Å². The highest BCUT2D eigenvalue weighted by Gasteiger charge is 2.26. The molecular formula is C17H21N3O2S. The van der Waals surface area contributed by atoms with Gasteiger partial charge in [-0.15, -0.1) is 11.3 Å². The van der Waals surface area contributed by atoms with Crippen molar-refractivity contribution in [1.29, 1.82) is 0 Å². The first-order valence-corrected chi connectivity index (χ1v) is 8.79. The van der Waals surface area contributed by atoms with Gasteiger partial charge in [0, 0.05) is 30.1 Å². The van der Waals surface area contributed by atoms with E-state index < -0.39 is 0 Å². The van der Waals surface area contributed by atoms with Crippen LogP contribution in [0.25, 0.3) is 10.6 Å². The van der Waals surface area contributed by atoms with Crippen molar-refractivity contribution >= 4 is 17.2 Å². The number of nitrogens with two attached hydrogens (primary N) is 1. The zero-order valence-corrected chi connectivity index (χ0v) is 14.0. The lowest BCUT2D eigenvalue weighted by Gasteiger charge is -2.13. The molecule has 1 fully saturated rings. The molecule has 1 aliphatic rings. The lowest BCUT2D eigenvalue weighted by Crippen LogP contribution is -2.32. The number of rotatable bonds is 5. The number of hydrogen-bond donors (Lipinski definition) is 1. The van der Waals surface area contributed by atoms with Gasteiger partial charge in [-0.2, -0.15) is 0 Å². The Bertz CT molecular complexity index is 669. The van der Waals surface area contributed by atoms with Gasteiger partial charge in [-0.1, -0.05) is 6.92 Å². The number of thiazole rings is 1. The Labute approximate surface area is 140 Å². The summed E-state index contributed by atoms with van der Waals surface area (Å²) in [6.07, 6.45) is 1.85. The van der Waals surface area contributed by atoms with E-state index in [1.54, 1.807) is 4.90 Å². The summed E-state index contributed by atoms with van der Waals surface area (Å²) in [7, 11) is 0. The number of amides is 1. The summed E-state index contributed by atoms with van der Waals surface area (Å²) in [5.74, 6) is 0.831. The molecule has 0 unspecified atom stereocenters. The lowest BCUT2D eigenvalue weighted by molar-refractivity contribution is 0.0786. The highest BCUT2D eigenvalue weighted by molar-refractivity contribution is 7.13. The number of nitrogens with zero attached hydrogens (tertiary/aromatic N) is 2. The molecule has 1 amide bonds. The van der Waals surface area contributed by atoms with Crippen LogP contribution in [-0.4, -0.2) is 41.5 Å². The number of aromatic nitrogens is 1. The van der Waals surface area contributed by atoms with Crippen molar-refractivity contribution in [3.63, 3.8) is 0 Å². The second-order valence-corrected chi connectivity index (χ2v) is 6.57. The summed E-state index contributed by atoms with van der Waals surface area (Å²) in [6, 6.07) is 7.92. The minimum atomic E-state index is -0.0247. The topological polar surface area (TPSA) is 68.5 Å². The molecule has 2 heterocycles. The standard InChI is InChI=1S/C17H21N3O2S/c1-2-9-22-14-5-3-12(4-6-14)16-19-15(11-23-16)17(21)20-8-7-13(18)10-20/h3-6,11,13H,2,7-10,18H2,1H3/t13-/m1/s1. The molecule has 1 atom stereocenters. The second-order valence-electron chi connectivity index (χ2n) is 5.71. The molecule has 6 heteroatoms. The highest BCUT2D eigenvalue weighted by Crippen LogP contribution is 2.26. The lowest BCUT2D eigenvalue weighted by atomic mass is 10.2. The molecule has 2 aromatic rings. The molecular weight excluding hydrogens is 310 g/mol. The van der Waals surface area contributed by atoms with Gasteiger partial charge in [-0.25, -0.2) is 4.98 Å². The fraction of sp³-hybridized carbons (Fsp3) is 0.412. The Kier molecular flexibility index (Phi) is 4.93. The zero-order chi connectivity index (χ0) is 16.2. The third kappa shape index (κ3) is 3.71. The molecule has 5 nitrogen and oxygen atoms in total. The zero-order valence-electron chi connectivity index (χ0n) is 13.2. The molecule has 0 bridgehead atoms. The minimum Gasteiger partial charge on any atom is -0.494 e. The first-order chi connectivity index (χ1) is 11.2. The minimum absolute atomic E-state index is 0.0247. The van der Waals surface area contributed by atoms with Gasteiger partial charge in [0.25, 0.3) is 5.91 Å². The Morgan fingerprint density at radius 1 is 1.43 bits per heavy atom. The molecule has 0 aliphatic carbocycles. The maximum absolute atomic E-state index is 12.4. The van der Waals surface area contributed by atoms with Crippen LogP contribution in [0.15, 0.2) is 29.6 Å². The van der Waals surface area contributed by atoms with Gasteiger partial charge >= 0.3 is 0 Å². The van der Waals surface area contributed by atoms with Crippen LogP contribution in [-0.2, 0) is 0 Å². The summed E-state index contributed by atoms with van der Waals surface area (Å²) in [5, 5.41) is 2.67. The van der Waals surface area contributed by atoms with Crippen molar-refractivity contribution in [3.05, 3.63) is 35.3 Å².